The number of benzene rings is 1. The molecule has 78 valence electrons. The quantitative estimate of drug-likeness (QED) is 0.780. The fourth-order valence-corrected chi connectivity index (χ4v) is 1.42. The lowest BCUT2D eigenvalue weighted by atomic mass is 9.98. The van der Waals surface area contributed by atoms with Gasteiger partial charge in [-0.25, -0.2) is 0 Å². The number of rotatable bonds is 5. The molecule has 0 saturated carbocycles. The van der Waals surface area contributed by atoms with E-state index in [2.05, 4.69) is 19.1 Å². The van der Waals surface area contributed by atoms with E-state index in [-0.39, 0.29) is 6.61 Å². The highest BCUT2D eigenvalue weighted by atomic mass is 16.5. The average Bonchev–Trinajstić information content (AvgIpc) is 2.20. The number of hydrogen-bond acceptors (Lipinski definition) is 2. The Hall–Kier alpha value is -1.02. The molecule has 0 heterocycles. The van der Waals surface area contributed by atoms with Crippen molar-refractivity contribution in [3.05, 3.63) is 29.8 Å². The van der Waals surface area contributed by atoms with E-state index < -0.39 is 0 Å². The molecule has 0 aromatic heterocycles. The van der Waals surface area contributed by atoms with Crippen molar-refractivity contribution in [3.8, 4) is 5.75 Å². The van der Waals surface area contributed by atoms with E-state index in [0.717, 1.165) is 12.2 Å². The molecule has 2 heteroatoms. The second-order valence-electron chi connectivity index (χ2n) is 3.42. The summed E-state index contributed by atoms with van der Waals surface area (Å²) in [4.78, 5) is 0. The molecule has 2 nitrogen and oxygen atoms in total. The largest absolute Gasteiger partial charge is 0.494 e. The smallest absolute Gasteiger partial charge is 0.119 e. The van der Waals surface area contributed by atoms with Gasteiger partial charge >= 0.3 is 0 Å². The van der Waals surface area contributed by atoms with Gasteiger partial charge in [0.2, 0.25) is 0 Å². The predicted octanol–water partition coefficient (Wildman–Crippen LogP) is 2.57. The maximum atomic E-state index is 8.81. The molecule has 0 radical (unpaired) electrons. The van der Waals surface area contributed by atoms with Crippen molar-refractivity contribution >= 4 is 0 Å². The highest BCUT2D eigenvalue weighted by molar-refractivity contribution is 5.29. The molecule has 1 rings (SSSR count). The van der Waals surface area contributed by atoms with Crippen LogP contribution < -0.4 is 4.74 Å². The van der Waals surface area contributed by atoms with Crippen molar-refractivity contribution in [2.24, 2.45) is 0 Å². The molecule has 1 N–H and O–H groups in total. The van der Waals surface area contributed by atoms with E-state index >= 15 is 0 Å². The Morgan fingerprint density at radius 1 is 1.29 bits per heavy atom. The summed E-state index contributed by atoms with van der Waals surface area (Å²) in [5.74, 6) is 1.32. The van der Waals surface area contributed by atoms with Crippen molar-refractivity contribution in [2.75, 3.05) is 13.2 Å². The minimum absolute atomic E-state index is 0.244. The third-order valence-electron chi connectivity index (χ3n) is 2.32. The minimum atomic E-state index is 0.244. The Morgan fingerprint density at radius 2 is 1.93 bits per heavy atom. The summed E-state index contributed by atoms with van der Waals surface area (Å²) in [7, 11) is 0. The molecule has 1 aromatic carbocycles. The number of aliphatic hydroxyl groups excluding tert-OH is 1. The first kappa shape index (κ1) is 11.1. The van der Waals surface area contributed by atoms with Crippen molar-refractivity contribution in [1.29, 1.82) is 0 Å². The Kier molecular flexibility index (Phi) is 4.47. The number of ether oxygens (including phenoxy) is 1. The molecule has 0 aliphatic rings. The molecule has 1 atom stereocenters. The Morgan fingerprint density at radius 3 is 2.43 bits per heavy atom. The highest BCUT2D eigenvalue weighted by Crippen LogP contribution is 2.21. The predicted molar refractivity (Wildman–Crippen MR) is 57.7 cm³/mol. The Balaban J connectivity index is 2.62. The molecule has 14 heavy (non-hydrogen) atoms. The lowest BCUT2D eigenvalue weighted by Gasteiger charge is -2.10. The second kappa shape index (κ2) is 5.66. The summed E-state index contributed by atoms with van der Waals surface area (Å²) < 4.78 is 5.35. The number of hydrogen-bond donors (Lipinski definition) is 1. The van der Waals surface area contributed by atoms with E-state index in [9.17, 15) is 0 Å². The van der Waals surface area contributed by atoms with Gasteiger partial charge in [-0.1, -0.05) is 19.1 Å². The van der Waals surface area contributed by atoms with Crippen LogP contribution in [-0.4, -0.2) is 18.3 Å². The number of aliphatic hydroxyl groups is 1. The normalized spacial score (nSPS) is 12.5. The lowest BCUT2D eigenvalue weighted by Crippen LogP contribution is -1.97. The summed E-state index contributed by atoms with van der Waals surface area (Å²) in [5, 5.41) is 8.81. The van der Waals surface area contributed by atoms with Crippen LogP contribution in [0.3, 0.4) is 0 Å². The molecule has 1 unspecified atom stereocenters. The lowest BCUT2D eigenvalue weighted by molar-refractivity contribution is 0.278. The van der Waals surface area contributed by atoms with Gasteiger partial charge in [0.25, 0.3) is 0 Å². The van der Waals surface area contributed by atoms with Gasteiger partial charge in [0.05, 0.1) is 6.61 Å². The third kappa shape index (κ3) is 3.04. The molecule has 0 aliphatic carbocycles. The summed E-state index contributed by atoms with van der Waals surface area (Å²) in [6, 6.07) is 8.08. The summed E-state index contributed by atoms with van der Waals surface area (Å²) in [6.07, 6.45) is 0.813. The first-order valence-corrected chi connectivity index (χ1v) is 5.11. The minimum Gasteiger partial charge on any atom is -0.494 e. The molecular formula is C12H18O2. The maximum Gasteiger partial charge on any atom is 0.119 e. The third-order valence-corrected chi connectivity index (χ3v) is 2.32. The van der Waals surface area contributed by atoms with E-state index in [4.69, 9.17) is 9.84 Å². The van der Waals surface area contributed by atoms with Gasteiger partial charge in [0, 0.05) is 6.61 Å². The monoisotopic (exact) mass is 194 g/mol. The van der Waals surface area contributed by atoms with Crippen LogP contribution in [0.15, 0.2) is 24.3 Å². The summed E-state index contributed by atoms with van der Waals surface area (Å²) >= 11 is 0. The first-order chi connectivity index (χ1) is 6.77. The topological polar surface area (TPSA) is 29.5 Å². The zero-order chi connectivity index (χ0) is 10.4. The summed E-state index contributed by atoms with van der Waals surface area (Å²) in [5.41, 5.74) is 1.25. The van der Waals surface area contributed by atoms with Gasteiger partial charge in [-0.05, 0) is 37.0 Å². The first-order valence-electron chi connectivity index (χ1n) is 5.11. The Bertz CT molecular complexity index is 254. The van der Waals surface area contributed by atoms with Crippen molar-refractivity contribution in [3.63, 3.8) is 0 Å². The molecule has 0 fully saturated rings. The second-order valence-corrected chi connectivity index (χ2v) is 3.42. The molecule has 0 saturated heterocycles. The van der Waals surface area contributed by atoms with E-state index in [0.29, 0.717) is 12.5 Å². The van der Waals surface area contributed by atoms with Crippen LogP contribution in [0.1, 0.15) is 31.7 Å². The van der Waals surface area contributed by atoms with E-state index in [1.54, 1.807) is 0 Å². The SMILES string of the molecule is CCOc1ccc(C(C)CCO)cc1. The van der Waals surface area contributed by atoms with E-state index in [1.807, 2.05) is 19.1 Å². The van der Waals surface area contributed by atoms with Gasteiger partial charge < -0.3 is 9.84 Å². The van der Waals surface area contributed by atoms with Crippen LogP contribution in [0.5, 0.6) is 5.75 Å². The van der Waals surface area contributed by atoms with Crippen molar-refractivity contribution in [1.82, 2.24) is 0 Å². The molecule has 0 amide bonds. The highest BCUT2D eigenvalue weighted by Gasteiger charge is 2.04. The van der Waals surface area contributed by atoms with Crippen molar-refractivity contribution < 1.29 is 9.84 Å². The average molecular weight is 194 g/mol. The zero-order valence-corrected chi connectivity index (χ0v) is 8.86. The van der Waals surface area contributed by atoms with Gasteiger partial charge in [0.15, 0.2) is 0 Å². The molecular weight excluding hydrogens is 176 g/mol. The van der Waals surface area contributed by atoms with Gasteiger partial charge in [0.1, 0.15) is 5.75 Å². The van der Waals surface area contributed by atoms with Gasteiger partial charge in [-0.3, -0.25) is 0 Å². The summed E-state index contributed by atoms with van der Waals surface area (Å²) in [6.45, 7) is 5.04. The van der Waals surface area contributed by atoms with E-state index in [1.165, 1.54) is 5.56 Å². The molecule has 0 spiro atoms. The maximum absolute atomic E-state index is 8.81. The Labute approximate surface area is 85.5 Å². The van der Waals surface area contributed by atoms with Crippen LogP contribution in [0, 0.1) is 0 Å². The fraction of sp³-hybridized carbons (Fsp3) is 0.500. The fourth-order valence-electron chi connectivity index (χ4n) is 1.42. The van der Waals surface area contributed by atoms with Gasteiger partial charge in [-0.15, -0.1) is 0 Å². The van der Waals surface area contributed by atoms with Gasteiger partial charge in [-0.2, -0.15) is 0 Å². The van der Waals surface area contributed by atoms with Crippen LogP contribution in [0.4, 0.5) is 0 Å². The standard InChI is InChI=1S/C12H18O2/c1-3-14-12-6-4-11(5-7-12)10(2)8-9-13/h4-7,10,13H,3,8-9H2,1-2H3. The van der Waals surface area contributed by atoms with Crippen LogP contribution in [0.2, 0.25) is 0 Å². The van der Waals surface area contributed by atoms with Crippen molar-refractivity contribution in [2.45, 2.75) is 26.2 Å². The van der Waals surface area contributed by atoms with Crippen LogP contribution in [0.25, 0.3) is 0 Å². The molecule has 0 aliphatic heterocycles. The molecule has 0 bridgehead atoms. The molecule has 1 aromatic rings. The zero-order valence-electron chi connectivity index (χ0n) is 8.86. The van der Waals surface area contributed by atoms with Crippen LogP contribution >= 0.6 is 0 Å². The van der Waals surface area contributed by atoms with Crippen LogP contribution in [-0.2, 0) is 0 Å².